The Hall–Kier alpha value is -1.35. The molecule has 0 radical (unpaired) electrons. The van der Waals surface area contributed by atoms with E-state index in [2.05, 4.69) is 0 Å². The summed E-state index contributed by atoms with van der Waals surface area (Å²) in [5.74, 6) is -0.254. The fourth-order valence-electron chi connectivity index (χ4n) is 1.35. The van der Waals surface area contributed by atoms with E-state index in [0.29, 0.717) is 13.2 Å². The Morgan fingerprint density at radius 3 is 2.56 bits per heavy atom. The Balaban J connectivity index is 2.26. The lowest BCUT2D eigenvalue weighted by Crippen LogP contribution is -2.21. The highest BCUT2D eigenvalue weighted by Crippen LogP contribution is 2.04. The maximum absolute atomic E-state index is 10.8. The minimum absolute atomic E-state index is 0.138. The molecule has 0 fully saturated rings. The quantitative estimate of drug-likeness (QED) is 0.694. The lowest BCUT2D eigenvalue weighted by molar-refractivity contribution is -0.149. The Morgan fingerprint density at radius 2 is 2.00 bits per heavy atom. The topological polar surface area (TPSA) is 35.5 Å². The zero-order chi connectivity index (χ0) is 11.8. The molecule has 0 saturated carbocycles. The average molecular weight is 222 g/mol. The fraction of sp³-hybridized carbons (Fsp3) is 0.462. The van der Waals surface area contributed by atoms with Gasteiger partial charge in [-0.05, 0) is 12.0 Å². The first-order chi connectivity index (χ1) is 7.72. The Morgan fingerprint density at radius 1 is 1.31 bits per heavy atom. The van der Waals surface area contributed by atoms with Crippen molar-refractivity contribution in [2.75, 3.05) is 6.61 Å². The summed E-state index contributed by atoms with van der Waals surface area (Å²) < 4.78 is 10.6. The molecule has 0 aromatic heterocycles. The monoisotopic (exact) mass is 222 g/mol. The molecule has 0 amide bonds. The first kappa shape index (κ1) is 12.7. The summed E-state index contributed by atoms with van der Waals surface area (Å²) in [4.78, 5) is 10.8. The Labute approximate surface area is 96.4 Å². The second kappa shape index (κ2) is 7.01. The number of ether oxygens (including phenoxy) is 2. The Bertz CT molecular complexity index is 308. The van der Waals surface area contributed by atoms with Crippen molar-refractivity contribution in [2.45, 2.75) is 33.0 Å². The lowest BCUT2D eigenvalue weighted by Gasteiger charge is -2.15. The molecule has 0 bridgehead atoms. The standard InChI is InChI=1S/C13H18O3/c1-3-13(16-11(2)14)10-15-9-12-7-5-4-6-8-12/h4-8,13H,3,9-10H2,1-2H3. The van der Waals surface area contributed by atoms with Gasteiger partial charge in [0.25, 0.3) is 0 Å². The van der Waals surface area contributed by atoms with Crippen LogP contribution in [0.5, 0.6) is 0 Å². The van der Waals surface area contributed by atoms with Crippen molar-refractivity contribution in [3.05, 3.63) is 35.9 Å². The molecular weight excluding hydrogens is 204 g/mol. The van der Waals surface area contributed by atoms with E-state index in [4.69, 9.17) is 9.47 Å². The van der Waals surface area contributed by atoms with Crippen LogP contribution < -0.4 is 0 Å². The van der Waals surface area contributed by atoms with Crippen molar-refractivity contribution >= 4 is 5.97 Å². The van der Waals surface area contributed by atoms with Gasteiger partial charge in [0.15, 0.2) is 0 Å². The van der Waals surface area contributed by atoms with Crippen LogP contribution in [0.2, 0.25) is 0 Å². The van der Waals surface area contributed by atoms with Crippen LogP contribution in [0.3, 0.4) is 0 Å². The van der Waals surface area contributed by atoms with Gasteiger partial charge in [-0.3, -0.25) is 4.79 Å². The summed E-state index contributed by atoms with van der Waals surface area (Å²) >= 11 is 0. The van der Waals surface area contributed by atoms with Crippen molar-refractivity contribution in [3.8, 4) is 0 Å². The number of esters is 1. The second-order valence-electron chi connectivity index (χ2n) is 3.64. The molecular formula is C13H18O3. The number of carbonyl (C=O) groups is 1. The molecule has 0 saturated heterocycles. The van der Waals surface area contributed by atoms with Gasteiger partial charge in [0.1, 0.15) is 6.10 Å². The van der Waals surface area contributed by atoms with Gasteiger partial charge in [-0.25, -0.2) is 0 Å². The number of benzene rings is 1. The molecule has 0 N–H and O–H groups in total. The highest BCUT2D eigenvalue weighted by atomic mass is 16.6. The number of carbonyl (C=O) groups excluding carboxylic acids is 1. The maximum atomic E-state index is 10.8. The van der Waals surface area contributed by atoms with Crippen molar-refractivity contribution < 1.29 is 14.3 Å². The summed E-state index contributed by atoms with van der Waals surface area (Å²) in [6.07, 6.45) is 0.634. The van der Waals surface area contributed by atoms with Gasteiger partial charge in [0, 0.05) is 6.92 Å². The normalized spacial score (nSPS) is 12.1. The van der Waals surface area contributed by atoms with Crippen molar-refractivity contribution in [1.82, 2.24) is 0 Å². The van der Waals surface area contributed by atoms with Crippen LogP contribution in [-0.4, -0.2) is 18.7 Å². The summed E-state index contributed by atoms with van der Waals surface area (Å²) in [7, 11) is 0. The number of hydrogen-bond acceptors (Lipinski definition) is 3. The zero-order valence-electron chi connectivity index (χ0n) is 9.81. The maximum Gasteiger partial charge on any atom is 0.302 e. The molecule has 0 aliphatic carbocycles. The third kappa shape index (κ3) is 4.94. The molecule has 3 heteroatoms. The molecule has 1 rings (SSSR count). The van der Waals surface area contributed by atoms with Crippen LogP contribution in [-0.2, 0) is 20.9 Å². The SMILES string of the molecule is CCC(COCc1ccccc1)OC(C)=O. The summed E-state index contributed by atoms with van der Waals surface area (Å²) in [6.45, 7) is 4.39. The second-order valence-corrected chi connectivity index (χ2v) is 3.64. The summed E-state index contributed by atoms with van der Waals surface area (Å²) in [5, 5.41) is 0. The van der Waals surface area contributed by atoms with E-state index >= 15 is 0 Å². The van der Waals surface area contributed by atoms with E-state index in [1.54, 1.807) is 0 Å². The van der Waals surface area contributed by atoms with E-state index in [0.717, 1.165) is 12.0 Å². The van der Waals surface area contributed by atoms with Gasteiger partial charge in [-0.15, -0.1) is 0 Å². The van der Waals surface area contributed by atoms with Gasteiger partial charge in [0.2, 0.25) is 0 Å². The van der Waals surface area contributed by atoms with E-state index in [1.165, 1.54) is 6.92 Å². The first-order valence-electron chi connectivity index (χ1n) is 5.51. The van der Waals surface area contributed by atoms with E-state index < -0.39 is 0 Å². The third-order valence-corrected chi connectivity index (χ3v) is 2.20. The molecule has 16 heavy (non-hydrogen) atoms. The molecule has 1 aromatic rings. The van der Waals surface area contributed by atoms with Gasteiger partial charge in [-0.2, -0.15) is 0 Å². The van der Waals surface area contributed by atoms with Crippen LogP contribution in [0.15, 0.2) is 30.3 Å². The predicted octanol–water partition coefficient (Wildman–Crippen LogP) is 2.54. The zero-order valence-corrected chi connectivity index (χ0v) is 9.81. The van der Waals surface area contributed by atoms with Gasteiger partial charge in [0.05, 0.1) is 13.2 Å². The van der Waals surface area contributed by atoms with E-state index in [9.17, 15) is 4.79 Å². The van der Waals surface area contributed by atoms with Crippen LogP contribution in [0.1, 0.15) is 25.8 Å². The molecule has 1 aromatic carbocycles. The molecule has 88 valence electrons. The van der Waals surface area contributed by atoms with Crippen LogP contribution >= 0.6 is 0 Å². The summed E-state index contributed by atoms with van der Waals surface area (Å²) in [6, 6.07) is 9.93. The lowest BCUT2D eigenvalue weighted by atomic mass is 10.2. The highest BCUT2D eigenvalue weighted by Gasteiger charge is 2.09. The molecule has 0 spiro atoms. The largest absolute Gasteiger partial charge is 0.460 e. The number of hydrogen-bond donors (Lipinski definition) is 0. The van der Waals surface area contributed by atoms with Crippen molar-refractivity contribution in [2.24, 2.45) is 0 Å². The number of rotatable bonds is 6. The minimum atomic E-state index is -0.254. The molecule has 3 nitrogen and oxygen atoms in total. The minimum Gasteiger partial charge on any atom is -0.460 e. The summed E-state index contributed by atoms with van der Waals surface area (Å²) in [5.41, 5.74) is 1.13. The van der Waals surface area contributed by atoms with Gasteiger partial charge >= 0.3 is 5.97 Å². The average Bonchev–Trinajstić information content (AvgIpc) is 2.28. The van der Waals surface area contributed by atoms with Crippen LogP contribution in [0.4, 0.5) is 0 Å². The van der Waals surface area contributed by atoms with Crippen molar-refractivity contribution in [3.63, 3.8) is 0 Å². The van der Waals surface area contributed by atoms with E-state index in [1.807, 2.05) is 37.3 Å². The molecule has 1 atom stereocenters. The van der Waals surface area contributed by atoms with Gasteiger partial charge < -0.3 is 9.47 Å². The van der Waals surface area contributed by atoms with Crippen LogP contribution in [0, 0.1) is 0 Å². The van der Waals surface area contributed by atoms with Crippen molar-refractivity contribution in [1.29, 1.82) is 0 Å². The Kier molecular flexibility index (Phi) is 5.57. The molecule has 0 heterocycles. The smallest absolute Gasteiger partial charge is 0.302 e. The predicted molar refractivity (Wildman–Crippen MR) is 61.9 cm³/mol. The third-order valence-electron chi connectivity index (χ3n) is 2.20. The molecule has 0 aliphatic heterocycles. The first-order valence-corrected chi connectivity index (χ1v) is 5.51. The molecule has 0 aliphatic rings. The highest BCUT2D eigenvalue weighted by molar-refractivity contribution is 5.66. The van der Waals surface area contributed by atoms with Gasteiger partial charge in [-0.1, -0.05) is 37.3 Å². The van der Waals surface area contributed by atoms with Crippen LogP contribution in [0.25, 0.3) is 0 Å². The van der Waals surface area contributed by atoms with E-state index in [-0.39, 0.29) is 12.1 Å². The molecule has 1 unspecified atom stereocenters. The fourth-order valence-corrected chi connectivity index (χ4v) is 1.35.